The van der Waals surface area contributed by atoms with Crippen LogP contribution in [-0.2, 0) is 4.79 Å². The highest BCUT2D eigenvalue weighted by Crippen LogP contribution is 2.29. The van der Waals surface area contributed by atoms with Gasteiger partial charge >= 0.3 is 0 Å². The van der Waals surface area contributed by atoms with Gasteiger partial charge in [0.1, 0.15) is 6.04 Å². The Hall–Kier alpha value is -2.43. The zero-order chi connectivity index (χ0) is 17.3. The van der Waals surface area contributed by atoms with E-state index in [-0.39, 0.29) is 23.6 Å². The average Bonchev–Trinajstić information content (AvgIpc) is 2.88. The van der Waals surface area contributed by atoms with E-state index < -0.39 is 6.04 Å². The Labute approximate surface area is 141 Å². The zero-order valence-electron chi connectivity index (χ0n) is 14.1. The van der Waals surface area contributed by atoms with Crippen LogP contribution in [0.4, 0.5) is 0 Å². The molecule has 0 spiro atoms. The molecule has 3 rings (SSSR count). The summed E-state index contributed by atoms with van der Waals surface area (Å²) in [6.45, 7) is 5.06. The highest BCUT2D eigenvalue weighted by Gasteiger charge is 2.45. The minimum absolute atomic E-state index is 0.0920. The number of fused-ring (bicyclic) bond motifs is 1. The molecule has 5 nitrogen and oxygen atoms in total. The normalized spacial score (nSPS) is 19.4. The van der Waals surface area contributed by atoms with Gasteiger partial charge in [0.05, 0.1) is 11.1 Å². The summed E-state index contributed by atoms with van der Waals surface area (Å²) < 4.78 is 0. The van der Waals surface area contributed by atoms with Gasteiger partial charge < -0.3 is 4.90 Å². The fourth-order valence-electron chi connectivity index (χ4n) is 3.32. The van der Waals surface area contributed by atoms with Crippen molar-refractivity contribution >= 4 is 17.7 Å². The second-order valence-corrected chi connectivity index (χ2v) is 6.40. The van der Waals surface area contributed by atoms with Crippen LogP contribution in [0.1, 0.15) is 47.4 Å². The van der Waals surface area contributed by atoms with E-state index in [2.05, 4.69) is 0 Å². The summed E-state index contributed by atoms with van der Waals surface area (Å²) in [5, 5.41) is 0. The van der Waals surface area contributed by atoms with Crippen LogP contribution < -0.4 is 0 Å². The minimum atomic E-state index is -0.742. The number of benzene rings is 1. The van der Waals surface area contributed by atoms with E-state index in [0.29, 0.717) is 30.6 Å². The first-order valence-corrected chi connectivity index (χ1v) is 8.47. The van der Waals surface area contributed by atoms with E-state index in [1.165, 1.54) is 4.90 Å². The van der Waals surface area contributed by atoms with Gasteiger partial charge in [-0.2, -0.15) is 0 Å². The maximum Gasteiger partial charge on any atom is 0.262 e. The van der Waals surface area contributed by atoms with Gasteiger partial charge in [-0.25, -0.2) is 0 Å². The van der Waals surface area contributed by atoms with Gasteiger partial charge in [0, 0.05) is 13.1 Å². The molecule has 0 fully saturated rings. The first-order chi connectivity index (χ1) is 11.6. The minimum Gasteiger partial charge on any atom is -0.337 e. The maximum atomic E-state index is 13.1. The van der Waals surface area contributed by atoms with Crippen LogP contribution in [-0.4, -0.2) is 46.7 Å². The fraction of sp³-hybridized carbons (Fsp3) is 0.421. The van der Waals surface area contributed by atoms with E-state index in [9.17, 15) is 14.4 Å². The summed E-state index contributed by atoms with van der Waals surface area (Å²) in [4.78, 5) is 41.5. The molecule has 0 saturated carbocycles. The summed E-state index contributed by atoms with van der Waals surface area (Å²) in [6.07, 6.45) is 5.52. The van der Waals surface area contributed by atoms with E-state index in [1.54, 1.807) is 29.2 Å². The topological polar surface area (TPSA) is 57.7 Å². The Kier molecular flexibility index (Phi) is 4.51. The van der Waals surface area contributed by atoms with Crippen LogP contribution in [0, 0.1) is 5.92 Å². The van der Waals surface area contributed by atoms with E-state index >= 15 is 0 Å². The Bertz CT molecular complexity index is 675. The van der Waals surface area contributed by atoms with Crippen molar-refractivity contribution in [2.75, 3.05) is 13.1 Å². The SMILES string of the molecule is CCC(C)C(C(=O)N1CC=CCC1)N1C(=O)c2ccccc2C1=O. The molecule has 0 N–H and O–H groups in total. The Morgan fingerprint density at radius 3 is 2.25 bits per heavy atom. The number of hydrogen-bond donors (Lipinski definition) is 0. The number of rotatable bonds is 4. The third kappa shape index (κ3) is 2.64. The number of hydrogen-bond acceptors (Lipinski definition) is 3. The Morgan fingerprint density at radius 1 is 1.12 bits per heavy atom. The quantitative estimate of drug-likeness (QED) is 0.631. The average molecular weight is 326 g/mol. The molecule has 2 aliphatic rings. The highest BCUT2D eigenvalue weighted by molar-refractivity contribution is 6.22. The molecule has 0 bridgehead atoms. The van der Waals surface area contributed by atoms with Crippen molar-refractivity contribution in [1.29, 1.82) is 0 Å². The van der Waals surface area contributed by atoms with Gasteiger partial charge in [-0.05, 0) is 24.5 Å². The maximum absolute atomic E-state index is 13.1. The first-order valence-electron chi connectivity index (χ1n) is 8.47. The van der Waals surface area contributed by atoms with Crippen LogP contribution >= 0.6 is 0 Å². The molecule has 5 heteroatoms. The molecule has 0 radical (unpaired) electrons. The lowest BCUT2D eigenvalue weighted by Crippen LogP contribution is -2.54. The predicted molar refractivity (Wildman–Crippen MR) is 90.5 cm³/mol. The van der Waals surface area contributed by atoms with Crippen LogP contribution in [0.2, 0.25) is 0 Å². The van der Waals surface area contributed by atoms with Gasteiger partial charge in [0.25, 0.3) is 11.8 Å². The second kappa shape index (κ2) is 6.59. The third-order valence-corrected chi connectivity index (χ3v) is 4.91. The van der Waals surface area contributed by atoms with Gasteiger partial charge in [0.2, 0.25) is 5.91 Å². The number of carbonyl (C=O) groups excluding carboxylic acids is 3. The smallest absolute Gasteiger partial charge is 0.262 e. The molecule has 1 aromatic carbocycles. The molecule has 126 valence electrons. The molecule has 2 heterocycles. The molecule has 24 heavy (non-hydrogen) atoms. The summed E-state index contributed by atoms with van der Waals surface area (Å²) in [7, 11) is 0. The zero-order valence-corrected chi connectivity index (χ0v) is 14.1. The summed E-state index contributed by atoms with van der Waals surface area (Å²) in [6, 6.07) is 6.04. The van der Waals surface area contributed by atoms with Gasteiger partial charge in [-0.3, -0.25) is 19.3 Å². The van der Waals surface area contributed by atoms with Crippen LogP contribution in [0.15, 0.2) is 36.4 Å². The van der Waals surface area contributed by atoms with Crippen molar-refractivity contribution in [2.45, 2.75) is 32.7 Å². The van der Waals surface area contributed by atoms with Crippen molar-refractivity contribution in [1.82, 2.24) is 9.80 Å². The lowest BCUT2D eigenvalue weighted by atomic mass is 9.95. The number of amides is 3. The molecular formula is C19H22N2O3. The second-order valence-electron chi connectivity index (χ2n) is 6.40. The molecule has 2 aliphatic heterocycles. The number of nitrogens with zero attached hydrogens (tertiary/aromatic N) is 2. The van der Waals surface area contributed by atoms with Crippen LogP contribution in [0.3, 0.4) is 0 Å². The third-order valence-electron chi connectivity index (χ3n) is 4.91. The molecule has 0 aliphatic carbocycles. The Balaban J connectivity index is 1.95. The monoisotopic (exact) mass is 326 g/mol. The van der Waals surface area contributed by atoms with Gasteiger partial charge in [-0.1, -0.05) is 44.6 Å². The molecule has 2 unspecified atom stereocenters. The number of imide groups is 1. The number of carbonyl (C=O) groups is 3. The highest BCUT2D eigenvalue weighted by atomic mass is 16.2. The summed E-state index contributed by atoms with van der Waals surface area (Å²) >= 11 is 0. The van der Waals surface area contributed by atoms with E-state index in [4.69, 9.17) is 0 Å². The van der Waals surface area contributed by atoms with Crippen molar-refractivity contribution in [3.63, 3.8) is 0 Å². The van der Waals surface area contributed by atoms with Crippen molar-refractivity contribution in [3.8, 4) is 0 Å². The van der Waals surface area contributed by atoms with Crippen molar-refractivity contribution in [2.24, 2.45) is 5.92 Å². The largest absolute Gasteiger partial charge is 0.337 e. The van der Waals surface area contributed by atoms with Crippen molar-refractivity contribution in [3.05, 3.63) is 47.5 Å². The van der Waals surface area contributed by atoms with Crippen LogP contribution in [0.5, 0.6) is 0 Å². The molecule has 0 aromatic heterocycles. The summed E-state index contributed by atoms with van der Waals surface area (Å²) in [5.41, 5.74) is 0.782. The molecule has 1 aromatic rings. The van der Waals surface area contributed by atoms with E-state index in [0.717, 1.165) is 6.42 Å². The molecule has 0 saturated heterocycles. The van der Waals surface area contributed by atoms with Crippen LogP contribution in [0.25, 0.3) is 0 Å². The molecular weight excluding hydrogens is 304 g/mol. The summed E-state index contributed by atoms with van der Waals surface area (Å²) in [5.74, 6) is -0.947. The lowest BCUT2D eigenvalue weighted by Gasteiger charge is -2.35. The molecule has 3 amide bonds. The standard InChI is InChI=1S/C19H22N2O3/c1-3-13(2)16(19(24)20-11-7-4-8-12-20)21-17(22)14-9-5-6-10-15(14)18(21)23/h4-7,9-10,13,16H,3,8,11-12H2,1-2H3. The van der Waals surface area contributed by atoms with E-state index in [1.807, 2.05) is 26.0 Å². The lowest BCUT2D eigenvalue weighted by molar-refractivity contribution is -0.136. The molecule has 2 atom stereocenters. The van der Waals surface area contributed by atoms with Crippen molar-refractivity contribution < 1.29 is 14.4 Å². The first kappa shape index (κ1) is 16.4. The van der Waals surface area contributed by atoms with Gasteiger partial charge in [-0.15, -0.1) is 0 Å². The predicted octanol–water partition coefficient (Wildman–Crippen LogP) is 2.49. The Morgan fingerprint density at radius 2 is 1.75 bits per heavy atom. The van der Waals surface area contributed by atoms with Gasteiger partial charge in [0.15, 0.2) is 0 Å². The fourth-order valence-corrected chi connectivity index (χ4v) is 3.32.